The van der Waals surface area contributed by atoms with Gasteiger partial charge in [-0.3, -0.25) is 0 Å². The van der Waals surface area contributed by atoms with Crippen LogP contribution in [0, 0.1) is 0 Å². The van der Waals surface area contributed by atoms with E-state index in [1.165, 1.54) is 0 Å². The molecule has 0 spiro atoms. The molecule has 0 aliphatic rings. The number of phenols is 2. The van der Waals surface area contributed by atoms with Crippen LogP contribution in [-0.2, 0) is 19.3 Å². The third-order valence-corrected chi connectivity index (χ3v) is 5.06. The van der Waals surface area contributed by atoms with Crippen LogP contribution >= 0.6 is 0 Å². The Hall–Kier alpha value is -3.26. The lowest BCUT2D eigenvalue weighted by atomic mass is 9.86. The second kappa shape index (κ2) is 8.62. The molecule has 142 valence electrons. The Labute approximate surface area is 167 Å². The van der Waals surface area contributed by atoms with E-state index in [1.807, 2.05) is 54.6 Å². The van der Waals surface area contributed by atoms with Crippen LogP contribution < -0.4 is 0 Å². The van der Waals surface area contributed by atoms with Crippen LogP contribution in [0.4, 0.5) is 0 Å². The lowest BCUT2D eigenvalue weighted by molar-refractivity contribution is 0.470. The van der Waals surface area contributed by atoms with Gasteiger partial charge in [0.25, 0.3) is 0 Å². The molecule has 0 saturated carbocycles. The average Bonchev–Trinajstić information content (AvgIpc) is 2.72. The molecule has 3 rings (SSSR count). The Bertz CT molecular complexity index is 1000. The van der Waals surface area contributed by atoms with Crippen molar-refractivity contribution in [2.75, 3.05) is 0 Å². The fraction of sp³-hybridized carbons (Fsp3) is 0.154. The predicted octanol–water partition coefficient (Wildman–Crippen LogP) is 6.45. The van der Waals surface area contributed by atoms with Crippen LogP contribution in [0.1, 0.15) is 23.6 Å². The van der Waals surface area contributed by atoms with Gasteiger partial charge in [0.05, 0.1) is 0 Å². The summed E-state index contributed by atoms with van der Waals surface area (Å²) in [7, 11) is 0. The number of allylic oxidation sites excluding steroid dienone is 2. The normalized spacial score (nSPS) is 10.6. The van der Waals surface area contributed by atoms with Gasteiger partial charge in [-0.25, -0.2) is 0 Å². The quantitative estimate of drug-likeness (QED) is 0.469. The van der Waals surface area contributed by atoms with E-state index >= 15 is 0 Å². The number of rotatable bonds is 7. The molecule has 0 aromatic heterocycles. The van der Waals surface area contributed by atoms with Crippen LogP contribution in [0.2, 0.25) is 0 Å². The van der Waals surface area contributed by atoms with Crippen LogP contribution in [0.15, 0.2) is 79.9 Å². The van der Waals surface area contributed by atoms with Crippen molar-refractivity contribution >= 4 is 0 Å². The van der Waals surface area contributed by atoms with Crippen molar-refractivity contribution in [3.8, 4) is 33.8 Å². The Morgan fingerprint density at radius 1 is 0.786 bits per heavy atom. The molecule has 0 heterocycles. The summed E-state index contributed by atoms with van der Waals surface area (Å²) in [6.45, 7) is 9.84. The Morgan fingerprint density at radius 3 is 2.11 bits per heavy atom. The van der Waals surface area contributed by atoms with Gasteiger partial charge in [0.15, 0.2) is 0 Å². The minimum Gasteiger partial charge on any atom is -0.507 e. The SMILES string of the molecule is C=CCc1c(-c2cc(CC)ccc2O)cc(-c2ccccc2)c(O)c1CC=C. The van der Waals surface area contributed by atoms with Crippen molar-refractivity contribution < 1.29 is 10.2 Å². The second-order valence-electron chi connectivity index (χ2n) is 6.83. The standard InChI is InChI=1S/C26H26O2/c1-4-10-20-21(11-5-2)26(28)22(19-12-8-7-9-13-19)17-23(20)24-16-18(6-3)14-15-25(24)27/h4-5,7-9,12-17,27-28H,1-2,6,10-11H2,3H3. The molecular weight excluding hydrogens is 344 g/mol. The summed E-state index contributed by atoms with van der Waals surface area (Å²) in [5, 5.41) is 21.7. The first-order valence-corrected chi connectivity index (χ1v) is 9.57. The van der Waals surface area contributed by atoms with Crippen molar-refractivity contribution in [2.24, 2.45) is 0 Å². The fourth-order valence-electron chi connectivity index (χ4n) is 3.61. The number of hydrogen-bond donors (Lipinski definition) is 2. The largest absolute Gasteiger partial charge is 0.507 e. The first-order valence-electron chi connectivity index (χ1n) is 9.57. The monoisotopic (exact) mass is 370 g/mol. The van der Waals surface area contributed by atoms with Crippen molar-refractivity contribution in [1.82, 2.24) is 0 Å². The van der Waals surface area contributed by atoms with Crippen molar-refractivity contribution in [2.45, 2.75) is 26.2 Å². The molecule has 0 fully saturated rings. The van der Waals surface area contributed by atoms with E-state index in [1.54, 1.807) is 12.1 Å². The second-order valence-corrected chi connectivity index (χ2v) is 6.83. The fourth-order valence-corrected chi connectivity index (χ4v) is 3.61. The number of hydrogen-bond acceptors (Lipinski definition) is 2. The zero-order chi connectivity index (χ0) is 20.1. The molecule has 3 aromatic carbocycles. The number of aromatic hydroxyl groups is 2. The van der Waals surface area contributed by atoms with Gasteiger partial charge in [-0.15, -0.1) is 13.2 Å². The molecule has 2 nitrogen and oxygen atoms in total. The Kier molecular flexibility index (Phi) is 6.00. The van der Waals surface area contributed by atoms with Gasteiger partial charge in [-0.1, -0.05) is 55.5 Å². The molecule has 28 heavy (non-hydrogen) atoms. The summed E-state index contributed by atoms with van der Waals surface area (Å²) in [6.07, 6.45) is 5.64. The smallest absolute Gasteiger partial charge is 0.127 e. The van der Waals surface area contributed by atoms with Crippen LogP contribution in [0.3, 0.4) is 0 Å². The van der Waals surface area contributed by atoms with Crippen molar-refractivity contribution in [3.05, 3.63) is 96.6 Å². The topological polar surface area (TPSA) is 40.5 Å². The van der Waals surface area contributed by atoms with Gasteiger partial charge >= 0.3 is 0 Å². The number of aryl methyl sites for hydroxylation is 1. The van der Waals surface area contributed by atoms with Gasteiger partial charge in [0.2, 0.25) is 0 Å². The Balaban J connectivity index is 2.38. The minimum absolute atomic E-state index is 0.233. The zero-order valence-electron chi connectivity index (χ0n) is 16.3. The van der Waals surface area contributed by atoms with E-state index < -0.39 is 0 Å². The van der Waals surface area contributed by atoms with Crippen molar-refractivity contribution in [3.63, 3.8) is 0 Å². The molecule has 0 aliphatic heterocycles. The maximum absolute atomic E-state index is 11.1. The lowest BCUT2D eigenvalue weighted by Gasteiger charge is -2.20. The first-order chi connectivity index (χ1) is 13.6. The summed E-state index contributed by atoms with van der Waals surface area (Å²) >= 11 is 0. The van der Waals surface area contributed by atoms with Gasteiger partial charge in [-0.2, -0.15) is 0 Å². The highest BCUT2D eigenvalue weighted by Gasteiger charge is 2.20. The first kappa shape index (κ1) is 19.5. The molecule has 0 unspecified atom stereocenters. The third-order valence-electron chi connectivity index (χ3n) is 5.06. The zero-order valence-corrected chi connectivity index (χ0v) is 16.3. The van der Waals surface area contributed by atoms with Crippen molar-refractivity contribution in [1.29, 1.82) is 0 Å². The summed E-state index contributed by atoms with van der Waals surface area (Å²) in [5.74, 6) is 0.495. The molecule has 0 saturated heterocycles. The molecular formula is C26H26O2. The van der Waals surface area contributed by atoms with Crippen LogP contribution in [0.25, 0.3) is 22.3 Å². The van der Waals surface area contributed by atoms with Gasteiger partial charge in [-0.05, 0) is 59.7 Å². The predicted molar refractivity (Wildman–Crippen MR) is 118 cm³/mol. The van der Waals surface area contributed by atoms with E-state index in [9.17, 15) is 10.2 Å². The molecule has 2 N–H and O–H groups in total. The minimum atomic E-state index is 0.233. The van der Waals surface area contributed by atoms with E-state index in [2.05, 4.69) is 20.1 Å². The number of phenolic OH excluding ortho intramolecular Hbond substituents is 2. The summed E-state index contributed by atoms with van der Waals surface area (Å²) < 4.78 is 0. The highest BCUT2D eigenvalue weighted by molar-refractivity contribution is 5.84. The molecule has 0 aliphatic carbocycles. The highest BCUT2D eigenvalue weighted by Crippen LogP contribution is 2.43. The third kappa shape index (κ3) is 3.72. The van der Waals surface area contributed by atoms with E-state index in [-0.39, 0.29) is 11.5 Å². The average molecular weight is 370 g/mol. The molecule has 2 heteroatoms. The van der Waals surface area contributed by atoms with Crippen LogP contribution in [0.5, 0.6) is 11.5 Å². The van der Waals surface area contributed by atoms with E-state index in [4.69, 9.17) is 0 Å². The van der Waals surface area contributed by atoms with E-state index in [0.29, 0.717) is 12.8 Å². The maximum atomic E-state index is 11.1. The van der Waals surface area contributed by atoms with E-state index in [0.717, 1.165) is 45.4 Å². The van der Waals surface area contributed by atoms with Gasteiger partial charge in [0, 0.05) is 16.7 Å². The van der Waals surface area contributed by atoms with Gasteiger partial charge in [0.1, 0.15) is 11.5 Å². The highest BCUT2D eigenvalue weighted by atomic mass is 16.3. The molecule has 0 atom stereocenters. The van der Waals surface area contributed by atoms with Gasteiger partial charge < -0.3 is 10.2 Å². The maximum Gasteiger partial charge on any atom is 0.127 e. The lowest BCUT2D eigenvalue weighted by Crippen LogP contribution is -2.00. The molecule has 3 aromatic rings. The Morgan fingerprint density at radius 2 is 1.46 bits per heavy atom. The summed E-state index contributed by atoms with van der Waals surface area (Å²) in [5.41, 5.74) is 6.32. The number of benzene rings is 3. The molecule has 0 radical (unpaired) electrons. The summed E-state index contributed by atoms with van der Waals surface area (Å²) in [4.78, 5) is 0. The molecule has 0 amide bonds. The summed E-state index contributed by atoms with van der Waals surface area (Å²) in [6, 6.07) is 17.5. The van der Waals surface area contributed by atoms with Crippen LogP contribution in [-0.4, -0.2) is 10.2 Å². The molecule has 0 bridgehead atoms.